The van der Waals surface area contributed by atoms with Gasteiger partial charge in [0.2, 0.25) is 0 Å². The molecule has 0 saturated heterocycles. The number of benzene rings is 2. The highest BCUT2D eigenvalue weighted by Crippen LogP contribution is 2.31. The van der Waals surface area contributed by atoms with Crippen molar-refractivity contribution in [2.75, 3.05) is 0 Å². The molecule has 2 rings (SSSR count). The zero-order valence-electron chi connectivity index (χ0n) is 11.3. The minimum atomic E-state index is -0.148. The maximum Gasteiger partial charge on any atom is 0.146 e. The Morgan fingerprint density at radius 3 is 2.24 bits per heavy atom. The zero-order chi connectivity index (χ0) is 15.2. The highest BCUT2D eigenvalue weighted by molar-refractivity contribution is 9.10. The fourth-order valence-corrected chi connectivity index (χ4v) is 2.99. The van der Waals surface area contributed by atoms with Crippen LogP contribution in [-0.4, -0.2) is 6.29 Å². The summed E-state index contributed by atoms with van der Waals surface area (Å²) in [4.78, 5) is 11.2. The Kier molecular flexibility index (Phi) is 5.71. The maximum atomic E-state index is 11.2. The molecule has 2 aromatic rings. The van der Waals surface area contributed by atoms with Crippen molar-refractivity contribution >= 4 is 44.2 Å². The van der Waals surface area contributed by atoms with Crippen molar-refractivity contribution in [3.05, 3.63) is 86.8 Å². The molecule has 1 atom stereocenters. The second-order valence-corrected chi connectivity index (χ2v) is 6.28. The van der Waals surface area contributed by atoms with Crippen LogP contribution < -0.4 is 0 Å². The zero-order valence-corrected chi connectivity index (χ0v) is 14.5. The van der Waals surface area contributed by atoms with E-state index in [0.29, 0.717) is 5.57 Å². The van der Waals surface area contributed by atoms with Gasteiger partial charge in [0, 0.05) is 14.9 Å². The number of carbonyl (C=O) groups excluding carboxylic acids is 1. The molecule has 0 radical (unpaired) electrons. The van der Waals surface area contributed by atoms with Crippen molar-refractivity contribution in [3.63, 3.8) is 0 Å². The van der Waals surface area contributed by atoms with Crippen molar-refractivity contribution in [3.8, 4) is 0 Å². The third-order valence-corrected chi connectivity index (χ3v) is 4.61. The second-order valence-electron chi connectivity index (χ2n) is 4.57. The Bertz CT molecular complexity index is 689. The maximum absolute atomic E-state index is 11.2. The smallest absolute Gasteiger partial charge is 0.146 e. The fraction of sp³-hybridized carbons (Fsp3) is 0.0556. The molecule has 1 nitrogen and oxygen atoms in total. The summed E-state index contributed by atoms with van der Waals surface area (Å²) in [5.41, 5.74) is 2.62. The Labute approximate surface area is 141 Å². The standard InChI is InChI=1S/C18H14Br2O/c1-13(12-21)15(16-7-3-5-9-18(16)20)11-10-14-6-2-4-8-17(14)19/h2-12,15H,1H2/b11-10+. The molecule has 21 heavy (non-hydrogen) atoms. The molecule has 0 fully saturated rings. The van der Waals surface area contributed by atoms with Crippen LogP contribution in [-0.2, 0) is 4.79 Å². The van der Waals surface area contributed by atoms with E-state index in [9.17, 15) is 4.79 Å². The number of hydrogen-bond acceptors (Lipinski definition) is 1. The van der Waals surface area contributed by atoms with Gasteiger partial charge in [0.15, 0.2) is 0 Å². The van der Waals surface area contributed by atoms with Crippen LogP contribution in [0.5, 0.6) is 0 Å². The molecule has 0 bridgehead atoms. The summed E-state index contributed by atoms with van der Waals surface area (Å²) in [5, 5.41) is 0. The molecule has 0 saturated carbocycles. The molecule has 3 heteroatoms. The lowest BCUT2D eigenvalue weighted by Crippen LogP contribution is -2.01. The van der Waals surface area contributed by atoms with Crippen molar-refractivity contribution in [1.29, 1.82) is 0 Å². The minimum absolute atomic E-state index is 0.148. The lowest BCUT2D eigenvalue weighted by molar-refractivity contribution is -0.105. The van der Waals surface area contributed by atoms with Gasteiger partial charge in [-0.25, -0.2) is 0 Å². The summed E-state index contributed by atoms with van der Waals surface area (Å²) in [6.07, 6.45) is 4.81. The molecule has 0 aromatic heterocycles. The van der Waals surface area contributed by atoms with Gasteiger partial charge in [0.1, 0.15) is 6.29 Å². The van der Waals surface area contributed by atoms with Crippen LogP contribution >= 0.6 is 31.9 Å². The van der Waals surface area contributed by atoms with Crippen LogP contribution in [0.2, 0.25) is 0 Å². The number of halogens is 2. The number of rotatable bonds is 5. The molecule has 0 aliphatic heterocycles. The highest BCUT2D eigenvalue weighted by Gasteiger charge is 2.14. The number of allylic oxidation sites excluding steroid dienone is 2. The van der Waals surface area contributed by atoms with Crippen LogP contribution in [0.25, 0.3) is 6.08 Å². The lowest BCUT2D eigenvalue weighted by Gasteiger charge is -2.14. The van der Waals surface area contributed by atoms with E-state index in [1.807, 2.05) is 60.7 Å². The van der Waals surface area contributed by atoms with E-state index in [-0.39, 0.29) is 5.92 Å². The molecular formula is C18H14Br2O. The van der Waals surface area contributed by atoms with Crippen molar-refractivity contribution < 1.29 is 4.79 Å². The molecule has 0 heterocycles. The summed E-state index contributed by atoms with van der Waals surface area (Å²) in [6, 6.07) is 15.8. The summed E-state index contributed by atoms with van der Waals surface area (Å²) in [7, 11) is 0. The second kappa shape index (κ2) is 7.53. The minimum Gasteiger partial charge on any atom is -0.298 e. The van der Waals surface area contributed by atoms with Crippen LogP contribution in [0.1, 0.15) is 17.0 Å². The predicted octanol–water partition coefficient (Wildman–Crippen LogP) is 5.76. The predicted molar refractivity (Wildman–Crippen MR) is 95.3 cm³/mol. The quantitative estimate of drug-likeness (QED) is 0.456. The first-order valence-electron chi connectivity index (χ1n) is 6.44. The van der Waals surface area contributed by atoms with E-state index in [2.05, 4.69) is 38.4 Å². The van der Waals surface area contributed by atoms with Gasteiger partial charge < -0.3 is 0 Å². The third kappa shape index (κ3) is 4.02. The molecule has 0 N–H and O–H groups in total. The molecule has 0 aliphatic rings. The molecule has 0 spiro atoms. The molecular weight excluding hydrogens is 392 g/mol. The van der Waals surface area contributed by atoms with Gasteiger partial charge in [0.25, 0.3) is 0 Å². The fourth-order valence-electron chi connectivity index (χ4n) is 2.04. The van der Waals surface area contributed by atoms with Gasteiger partial charge in [-0.1, -0.05) is 87.0 Å². The Morgan fingerprint density at radius 2 is 1.62 bits per heavy atom. The van der Waals surface area contributed by atoms with Gasteiger partial charge >= 0.3 is 0 Å². The van der Waals surface area contributed by atoms with Crippen molar-refractivity contribution in [1.82, 2.24) is 0 Å². The van der Waals surface area contributed by atoms with Crippen LogP contribution in [0.3, 0.4) is 0 Å². The number of hydrogen-bond donors (Lipinski definition) is 0. The summed E-state index contributed by atoms with van der Waals surface area (Å²) < 4.78 is 1.98. The van der Waals surface area contributed by atoms with Crippen molar-refractivity contribution in [2.45, 2.75) is 5.92 Å². The third-order valence-electron chi connectivity index (χ3n) is 3.16. The van der Waals surface area contributed by atoms with Gasteiger partial charge in [-0.15, -0.1) is 0 Å². The average Bonchev–Trinajstić information content (AvgIpc) is 2.50. The first-order valence-corrected chi connectivity index (χ1v) is 8.03. The van der Waals surface area contributed by atoms with E-state index in [4.69, 9.17) is 0 Å². The van der Waals surface area contributed by atoms with E-state index in [1.165, 1.54) is 0 Å². The van der Waals surface area contributed by atoms with E-state index in [0.717, 1.165) is 26.4 Å². The first-order chi connectivity index (χ1) is 10.1. The Hall–Kier alpha value is -1.45. The Morgan fingerprint density at radius 1 is 1.00 bits per heavy atom. The largest absolute Gasteiger partial charge is 0.298 e. The van der Waals surface area contributed by atoms with E-state index < -0.39 is 0 Å². The SMILES string of the molecule is C=C(C=O)C(/C=C/c1ccccc1Br)c1ccccc1Br. The molecule has 106 valence electrons. The van der Waals surface area contributed by atoms with E-state index >= 15 is 0 Å². The molecule has 2 aromatic carbocycles. The molecule has 1 unspecified atom stereocenters. The van der Waals surface area contributed by atoms with Gasteiger partial charge in [-0.05, 0) is 28.8 Å². The average molecular weight is 406 g/mol. The van der Waals surface area contributed by atoms with Crippen LogP contribution in [0.15, 0.2) is 75.7 Å². The summed E-state index contributed by atoms with van der Waals surface area (Å²) in [6.45, 7) is 3.87. The normalized spacial score (nSPS) is 12.3. The Balaban J connectivity index is 2.39. The number of carbonyl (C=O) groups is 1. The summed E-state index contributed by atoms with van der Waals surface area (Å²) >= 11 is 7.05. The summed E-state index contributed by atoms with van der Waals surface area (Å²) in [5.74, 6) is -0.148. The van der Waals surface area contributed by atoms with Crippen LogP contribution in [0, 0.1) is 0 Å². The monoisotopic (exact) mass is 404 g/mol. The topological polar surface area (TPSA) is 17.1 Å². The molecule has 0 amide bonds. The lowest BCUT2D eigenvalue weighted by atomic mass is 9.92. The van der Waals surface area contributed by atoms with E-state index in [1.54, 1.807) is 0 Å². The van der Waals surface area contributed by atoms with Crippen LogP contribution in [0.4, 0.5) is 0 Å². The van der Waals surface area contributed by atoms with Gasteiger partial charge in [-0.2, -0.15) is 0 Å². The van der Waals surface area contributed by atoms with Gasteiger partial charge in [0.05, 0.1) is 0 Å². The van der Waals surface area contributed by atoms with Gasteiger partial charge in [-0.3, -0.25) is 4.79 Å². The first kappa shape index (κ1) is 15.9. The molecule has 0 aliphatic carbocycles. The highest BCUT2D eigenvalue weighted by atomic mass is 79.9. The number of aldehydes is 1. The van der Waals surface area contributed by atoms with Crippen molar-refractivity contribution in [2.24, 2.45) is 0 Å².